The van der Waals surface area contributed by atoms with Crippen molar-refractivity contribution < 1.29 is 17.9 Å². The summed E-state index contributed by atoms with van der Waals surface area (Å²) < 4.78 is 32.5. The highest BCUT2D eigenvalue weighted by Gasteiger charge is 2.41. The second-order valence-corrected chi connectivity index (χ2v) is 9.41. The summed E-state index contributed by atoms with van der Waals surface area (Å²) in [6.07, 6.45) is 0. The van der Waals surface area contributed by atoms with Crippen LogP contribution in [-0.2, 0) is 16.6 Å². The molecule has 0 saturated heterocycles. The summed E-state index contributed by atoms with van der Waals surface area (Å²) in [6, 6.07) is 11.8. The zero-order chi connectivity index (χ0) is 19.2. The maximum atomic E-state index is 12.7. The molecule has 0 saturated carbocycles. The molecule has 0 N–H and O–H groups in total. The molecule has 1 aliphatic heterocycles. The van der Waals surface area contributed by atoms with Crippen molar-refractivity contribution in [1.29, 1.82) is 0 Å². The van der Waals surface area contributed by atoms with Crippen LogP contribution in [0.4, 0.5) is 0 Å². The Hall–Kier alpha value is -2.23. The van der Waals surface area contributed by atoms with Gasteiger partial charge in [-0.3, -0.25) is 4.79 Å². The van der Waals surface area contributed by atoms with Gasteiger partial charge in [0.15, 0.2) is 0 Å². The molecule has 6 nitrogen and oxygen atoms in total. The fraction of sp³-hybridized carbons (Fsp3) is 0.111. The summed E-state index contributed by atoms with van der Waals surface area (Å²) in [4.78, 5) is 17.1. The van der Waals surface area contributed by atoms with Crippen LogP contribution in [0.2, 0.25) is 0 Å². The molecule has 1 amide bonds. The Kier molecular flexibility index (Phi) is 4.53. The van der Waals surface area contributed by atoms with Crippen LogP contribution in [-0.4, -0.2) is 30.7 Å². The maximum absolute atomic E-state index is 12.7. The fourth-order valence-corrected chi connectivity index (χ4v) is 5.62. The Bertz CT molecular complexity index is 1160. The number of halogens is 1. The number of hydrogen-bond acceptors (Lipinski definition) is 6. The first kappa shape index (κ1) is 18.1. The molecule has 3 aromatic rings. The number of carbonyl (C=O) groups is 1. The number of benzene rings is 2. The minimum absolute atomic E-state index is 0.0408. The van der Waals surface area contributed by atoms with E-state index in [9.17, 15) is 13.2 Å². The zero-order valence-corrected chi connectivity index (χ0v) is 17.3. The third-order valence-electron chi connectivity index (χ3n) is 4.16. The fourth-order valence-electron chi connectivity index (χ4n) is 2.89. The Balaban J connectivity index is 1.67. The van der Waals surface area contributed by atoms with Crippen LogP contribution in [0.15, 0.2) is 57.2 Å². The van der Waals surface area contributed by atoms with Gasteiger partial charge in [-0.2, -0.15) is 0 Å². The molecule has 1 aromatic heterocycles. The van der Waals surface area contributed by atoms with Crippen molar-refractivity contribution in [2.24, 2.45) is 0 Å². The van der Waals surface area contributed by atoms with E-state index in [0.29, 0.717) is 16.5 Å². The average molecular weight is 465 g/mol. The molecule has 9 heteroatoms. The summed E-state index contributed by atoms with van der Waals surface area (Å²) >= 11 is 4.79. The molecule has 0 fully saturated rings. The van der Waals surface area contributed by atoms with Gasteiger partial charge >= 0.3 is 0 Å². The minimum Gasteiger partial charge on any atom is -0.496 e. The number of rotatable bonds is 4. The quantitative estimate of drug-likeness (QED) is 0.584. The lowest BCUT2D eigenvalue weighted by Crippen LogP contribution is -2.29. The number of hydrogen-bond donors (Lipinski definition) is 0. The molecule has 0 bridgehead atoms. The van der Waals surface area contributed by atoms with Gasteiger partial charge in [0, 0.05) is 9.85 Å². The van der Waals surface area contributed by atoms with Crippen molar-refractivity contribution in [3.8, 4) is 16.3 Å². The molecule has 138 valence electrons. The van der Waals surface area contributed by atoms with Crippen molar-refractivity contribution in [2.45, 2.75) is 11.4 Å². The lowest BCUT2D eigenvalue weighted by Gasteiger charge is -2.13. The van der Waals surface area contributed by atoms with E-state index in [1.165, 1.54) is 23.5 Å². The van der Waals surface area contributed by atoms with Crippen LogP contribution in [0, 0.1) is 0 Å². The molecular formula is C18H13BrN2O4S2. The van der Waals surface area contributed by atoms with Crippen molar-refractivity contribution in [1.82, 2.24) is 9.29 Å². The maximum Gasteiger partial charge on any atom is 0.269 e. The number of carbonyl (C=O) groups excluding carboxylic acids is 1. The van der Waals surface area contributed by atoms with E-state index in [0.717, 1.165) is 14.3 Å². The number of fused-ring (bicyclic) bond motifs is 1. The van der Waals surface area contributed by atoms with E-state index in [4.69, 9.17) is 4.74 Å². The number of ether oxygens (including phenoxy) is 1. The minimum atomic E-state index is -3.85. The predicted molar refractivity (Wildman–Crippen MR) is 105 cm³/mol. The molecular weight excluding hydrogens is 452 g/mol. The van der Waals surface area contributed by atoms with Crippen LogP contribution in [0.3, 0.4) is 0 Å². The lowest BCUT2D eigenvalue weighted by molar-refractivity contribution is 0.0864. The van der Waals surface area contributed by atoms with Gasteiger partial charge in [0.1, 0.15) is 15.7 Å². The van der Waals surface area contributed by atoms with Crippen LogP contribution in [0.5, 0.6) is 5.75 Å². The number of methoxy groups -OCH3 is 1. The van der Waals surface area contributed by atoms with E-state index in [1.54, 1.807) is 24.6 Å². The van der Waals surface area contributed by atoms with Crippen molar-refractivity contribution in [3.05, 3.63) is 63.6 Å². The third kappa shape index (κ3) is 3.05. The average Bonchev–Trinajstić information content (AvgIpc) is 3.20. The van der Waals surface area contributed by atoms with Gasteiger partial charge in [-0.05, 0) is 30.3 Å². The first-order valence-corrected chi connectivity index (χ1v) is 11.0. The van der Waals surface area contributed by atoms with E-state index in [1.807, 2.05) is 18.2 Å². The highest BCUT2D eigenvalue weighted by Crippen LogP contribution is 2.36. The topological polar surface area (TPSA) is 76.6 Å². The van der Waals surface area contributed by atoms with E-state index in [-0.39, 0.29) is 17.0 Å². The number of amides is 1. The monoisotopic (exact) mass is 464 g/mol. The summed E-state index contributed by atoms with van der Waals surface area (Å²) in [5.74, 6) is 0.136. The SMILES string of the molecule is COc1ccc(Br)cc1-c1nc(CN2C(=O)c3ccccc3S2(=O)=O)cs1. The van der Waals surface area contributed by atoms with Crippen LogP contribution >= 0.6 is 27.3 Å². The van der Waals surface area contributed by atoms with E-state index in [2.05, 4.69) is 20.9 Å². The Morgan fingerprint density at radius 1 is 1.19 bits per heavy atom. The second-order valence-electron chi connectivity index (χ2n) is 5.80. The number of thiazole rings is 1. The van der Waals surface area contributed by atoms with Crippen molar-refractivity contribution in [2.75, 3.05) is 7.11 Å². The van der Waals surface area contributed by atoms with Gasteiger partial charge in [-0.1, -0.05) is 28.1 Å². The highest BCUT2D eigenvalue weighted by atomic mass is 79.9. The number of nitrogens with zero attached hydrogens (tertiary/aromatic N) is 2. The molecule has 0 aliphatic carbocycles. The molecule has 2 aromatic carbocycles. The Labute approximate surface area is 168 Å². The predicted octanol–water partition coefficient (Wildman–Crippen LogP) is 3.93. The zero-order valence-electron chi connectivity index (χ0n) is 14.0. The third-order valence-corrected chi connectivity index (χ3v) is 7.37. The first-order chi connectivity index (χ1) is 12.9. The molecule has 0 unspecified atom stereocenters. The molecule has 0 atom stereocenters. The van der Waals surface area contributed by atoms with E-state index >= 15 is 0 Å². The van der Waals surface area contributed by atoms with Gasteiger partial charge in [-0.15, -0.1) is 11.3 Å². The van der Waals surface area contributed by atoms with Crippen LogP contribution in [0.25, 0.3) is 10.6 Å². The van der Waals surface area contributed by atoms with Gasteiger partial charge in [0.25, 0.3) is 15.9 Å². The molecule has 0 radical (unpaired) electrons. The summed E-state index contributed by atoms with van der Waals surface area (Å²) in [5, 5.41) is 2.44. The second kappa shape index (κ2) is 6.74. The smallest absolute Gasteiger partial charge is 0.269 e. The van der Waals surface area contributed by atoms with E-state index < -0.39 is 15.9 Å². The summed E-state index contributed by atoms with van der Waals surface area (Å²) in [6.45, 7) is -0.108. The van der Waals surface area contributed by atoms with Crippen molar-refractivity contribution >= 4 is 43.2 Å². The number of aromatic nitrogens is 1. The van der Waals surface area contributed by atoms with Gasteiger partial charge in [0.05, 0.1) is 30.5 Å². The molecule has 27 heavy (non-hydrogen) atoms. The van der Waals surface area contributed by atoms with Gasteiger partial charge in [-0.25, -0.2) is 17.7 Å². The Morgan fingerprint density at radius 2 is 1.96 bits per heavy atom. The van der Waals surface area contributed by atoms with Gasteiger partial charge in [0.2, 0.25) is 0 Å². The largest absolute Gasteiger partial charge is 0.496 e. The Morgan fingerprint density at radius 3 is 2.70 bits per heavy atom. The molecule has 2 heterocycles. The standard InChI is InChI=1S/C18H13BrN2O4S2/c1-25-15-7-6-11(19)8-14(15)17-20-12(10-26-17)9-21-18(22)13-4-2-3-5-16(13)27(21,23)24/h2-8,10H,9H2,1H3. The normalized spacial score (nSPS) is 15.0. The molecule has 4 rings (SSSR count). The van der Waals surface area contributed by atoms with Crippen LogP contribution < -0.4 is 4.74 Å². The number of sulfonamides is 1. The molecule has 1 aliphatic rings. The lowest BCUT2D eigenvalue weighted by atomic mass is 10.2. The van der Waals surface area contributed by atoms with Crippen molar-refractivity contribution in [3.63, 3.8) is 0 Å². The van der Waals surface area contributed by atoms with Gasteiger partial charge < -0.3 is 4.74 Å². The summed E-state index contributed by atoms with van der Waals surface area (Å²) in [7, 11) is -2.28. The first-order valence-electron chi connectivity index (χ1n) is 7.86. The van der Waals surface area contributed by atoms with Crippen LogP contribution in [0.1, 0.15) is 16.1 Å². The summed E-state index contributed by atoms with van der Waals surface area (Å²) in [5.41, 5.74) is 1.49. The highest BCUT2D eigenvalue weighted by molar-refractivity contribution is 9.10. The molecule has 0 spiro atoms.